The summed E-state index contributed by atoms with van der Waals surface area (Å²) < 4.78 is 5.03. The molecule has 0 aliphatic heterocycles. The Morgan fingerprint density at radius 2 is 2.00 bits per heavy atom. The van der Waals surface area contributed by atoms with Crippen LogP contribution in [-0.4, -0.2) is 28.9 Å². The molecule has 1 N–H and O–H groups in total. The molecule has 3 aromatic rings. The molecular weight excluding hydrogens is 386 g/mol. The Morgan fingerprint density at radius 3 is 2.67 bits per heavy atom. The molecule has 2 heterocycles. The number of aryl methyl sites for hydroxylation is 2. The molecule has 140 valence electrons. The fourth-order valence-electron chi connectivity index (χ4n) is 2.56. The lowest BCUT2D eigenvalue weighted by molar-refractivity contribution is 0.0786. The predicted octanol–water partition coefficient (Wildman–Crippen LogP) is 4.53. The van der Waals surface area contributed by atoms with Crippen LogP contribution in [0.15, 0.2) is 40.9 Å². The van der Waals surface area contributed by atoms with E-state index in [9.17, 15) is 9.59 Å². The highest BCUT2D eigenvalue weighted by atomic mass is 35.5. The van der Waals surface area contributed by atoms with Gasteiger partial charge in [-0.2, -0.15) is 0 Å². The van der Waals surface area contributed by atoms with Gasteiger partial charge in [0.25, 0.3) is 11.8 Å². The van der Waals surface area contributed by atoms with Gasteiger partial charge >= 0.3 is 0 Å². The van der Waals surface area contributed by atoms with Crippen LogP contribution in [0.25, 0.3) is 0 Å². The van der Waals surface area contributed by atoms with E-state index >= 15 is 0 Å². The van der Waals surface area contributed by atoms with E-state index in [0.29, 0.717) is 38.5 Å². The van der Waals surface area contributed by atoms with Gasteiger partial charge in [0.15, 0.2) is 0 Å². The van der Waals surface area contributed by atoms with Crippen molar-refractivity contribution < 1.29 is 14.1 Å². The van der Waals surface area contributed by atoms with E-state index in [-0.39, 0.29) is 11.8 Å². The largest absolute Gasteiger partial charge is 0.361 e. The van der Waals surface area contributed by atoms with Crippen LogP contribution >= 0.6 is 22.9 Å². The van der Waals surface area contributed by atoms with Gasteiger partial charge < -0.3 is 14.7 Å². The normalized spacial score (nSPS) is 10.7. The average Bonchev–Trinajstić information content (AvgIpc) is 3.19. The Bertz CT molecular complexity index is 996. The molecule has 1 aromatic carbocycles. The second-order valence-corrected chi connectivity index (χ2v) is 7.61. The van der Waals surface area contributed by atoms with E-state index in [0.717, 1.165) is 5.56 Å². The number of rotatable bonds is 5. The molecule has 0 aliphatic carbocycles. The van der Waals surface area contributed by atoms with Crippen molar-refractivity contribution in [1.82, 2.24) is 10.1 Å². The number of nitrogens with zero attached hydrogens (tertiary/aromatic N) is 2. The smallest absolute Gasteiger partial charge is 0.264 e. The zero-order valence-electron chi connectivity index (χ0n) is 15.1. The summed E-state index contributed by atoms with van der Waals surface area (Å²) in [5, 5.41) is 7.68. The van der Waals surface area contributed by atoms with Crippen molar-refractivity contribution in [3.8, 4) is 0 Å². The van der Waals surface area contributed by atoms with Gasteiger partial charge in [0.1, 0.15) is 11.5 Å². The molecule has 0 unspecified atom stereocenters. The van der Waals surface area contributed by atoms with Crippen molar-refractivity contribution in [2.45, 2.75) is 20.4 Å². The Balaban J connectivity index is 1.72. The Labute approximate surface area is 165 Å². The number of aromatic nitrogens is 1. The highest BCUT2D eigenvalue weighted by Gasteiger charge is 2.20. The van der Waals surface area contributed by atoms with E-state index in [1.54, 1.807) is 55.3 Å². The maximum absolute atomic E-state index is 12.7. The number of hydrogen-bond donors (Lipinski definition) is 1. The topological polar surface area (TPSA) is 75.4 Å². The van der Waals surface area contributed by atoms with Gasteiger partial charge in [-0.25, -0.2) is 0 Å². The van der Waals surface area contributed by atoms with Crippen molar-refractivity contribution in [2.24, 2.45) is 0 Å². The lowest BCUT2D eigenvalue weighted by atomic mass is 10.2. The van der Waals surface area contributed by atoms with Crippen molar-refractivity contribution >= 4 is 39.8 Å². The molecule has 6 nitrogen and oxygen atoms in total. The number of anilines is 1. The van der Waals surface area contributed by atoms with Gasteiger partial charge in [-0.1, -0.05) is 28.9 Å². The molecule has 3 rings (SSSR count). The number of hydrogen-bond acceptors (Lipinski definition) is 5. The fraction of sp³-hybridized carbons (Fsp3) is 0.211. The number of amides is 2. The SMILES string of the molecule is Cc1cc(CN(C)C(=O)c2sc(NC(=O)c3ccccc3Cl)cc2C)no1. The van der Waals surface area contributed by atoms with Crippen molar-refractivity contribution in [3.05, 3.63) is 68.9 Å². The lowest BCUT2D eigenvalue weighted by Gasteiger charge is -2.14. The van der Waals surface area contributed by atoms with Gasteiger partial charge in [-0.15, -0.1) is 11.3 Å². The maximum Gasteiger partial charge on any atom is 0.264 e. The van der Waals surface area contributed by atoms with Crippen LogP contribution in [0.5, 0.6) is 0 Å². The molecule has 2 aromatic heterocycles. The van der Waals surface area contributed by atoms with Crippen molar-refractivity contribution in [1.29, 1.82) is 0 Å². The maximum atomic E-state index is 12.7. The monoisotopic (exact) mass is 403 g/mol. The molecule has 0 saturated heterocycles. The Kier molecular flexibility index (Phi) is 5.62. The third-order valence-corrected chi connectivity index (χ3v) is 5.36. The summed E-state index contributed by atoms with van der Waals surface area (Å²) in [5.74, 6) is 0.242. The molecule has 0 aliphatic rings. The van der Waals surface area contributed by atoms with Crippen LogP contribution < -0.4 is 5.32 Å². The zero-order valence-corrected chi connectivity index (χ0v) is 16.6. The summed E-state index contributed by atoms with van der Waals surface area (Å²) in [6.45, 7) is 3.98. The van der Waals surface area contributed by atoms with Crippen molar-refractivity contribution in [3.63, 3.8) is 0 Å². The summed E-state index contributed by atoms with van der Waals surface area (Å²) in [4.78, 5) is 27.3. The quantitative estimate of drug-likeness (QED) is 0.679. The minimum atomic E-state index is -0.313. The first kappa shape index (κ1) is 19.1. The molecular formula is C19H18ClN3O3S. The van der Waals surface area contributed by atoms with E-state index < -0.39 is 0 Å². The first-order valence-corrected chi connectivity index (χ1v) is 9.38. The Hall–Kier alpha value is -2.64. The first-order chi connectivity index (χ1) is 12.8. The summed E-state index contributed by atoms with van der Waals surface area (Å²) in [6, 6.07) is 10.4. The second kappa shape index (κ2) is 7.94. The summed E-state index contributed by atoms with van der Waals surface area (Å²) in [5.41, 5.74) is 1.86. The number of carbonyl (C=O) groups is 2. The molecule has 8 heteroatoms. The fourth-order valence-corrected chi connectivity index (χ4v) is 3.85. The van der Waals surface area contributed by atoms with Crippen LogP contribution in [0.2, 0.25) is 5.02 Å². The van der Waals surface area contributed by atoms with E-state index in [2.05, 4.69) is 10.5 Å². The molecule has 0 fully saturated rings. The lowest BCUT2D eigenvalue weighted by Crippen LogP contribution is -2.26. The van der Waals surface area contributed by atoms with Crippen LogP contribution in [0.3, 0.4) is 0 Å². The standard InChI is InChI=1S/C19H18ClN3O3S/c1-11-8-16(21-18(24)14-6-4-5-7-15(14)20)27-17(11)19(25)23(3)10-13-9-12(2)26-22-13/h4-9H,10H2,1-3H3,(H,21,24). The van der Waals surface area contributed by atoms with Crippen LogP contribution in [0, 0.1) is 13.8 Å². The minimum Gasteiger partial charge on any atom is -0.361 e. The number of nitrogens with one attached hydrogen (secondary N) is 1. The third kappa shape index (κ3) is 4.37. The Morgan fingerprint density at radius 1 is 1.26 bits per heavy atom. The summed E-state index contributed by atoms with van der Waals surface area (Å²) in [7, 11) is 1.70. The summed E-state index contributed by atoms with van der Waals surface area (Å²) in [6.07, 6.45) is 0. The molecule has 0 atom stereocenters. The number of halogens is 1. The zero-order chi connectivity index (χ0) is 19.6. The highest BCUT2D eigenvalue weighted by molar-refractivity contribution is 7.18. The van der Waals surface area contributed by atoms with E-state index in [4.69, 9.17) is 16.1 Å². The second-order valence-electron chi connectivity index (χ2n) is 6.15. The number of thiophene rings is 1. The van der Waals surface area contributed by atoms with Crippen molar-refractivity contribution in [2.75, 3.05) is 12.4 Å². The van der Waals surface area contributed by atoms with E-state index in [1.165, 1.54) is 11.3 Å². The minimum absolute atomic E-state index is 0.142. The van der Waals surface area contributed by atoms with Gasteiger partial charge in [-0.3, -0.25) is 9.59 Å². The first-order valence-electron chi connectivity index (χ1n) is 8.19. The van der Waals surface area contributed by atoms with Gasteiger partial charge in [-0.05, 0) is 37.6 Å². The summed E-state index contributed by atoms with van der Waals surface area (Å²) >= 11 is 7.29. The molecule has 0 bridgehead atoms. The molecule has 0 spiro atoms. The molecule has 2 amide bonds. The molecule has 0 radical (unpaired) electrons. The van der Waals surface area contributed by atoms with Gasteiger partial charge in [0.2, 0.25) is 0 Å². The molecule has 0 saturated carbocycles. The molecule has 27 heavy (non-hydrogen) atoms. The average molecular weight is 404 g/mol. The van der Waals surface area contributed by atoms with Gasteiger partial charge in [0, 0.05) is 13.1 Å². The number of benzene rings is 1. The highest BCUT2D eigenvalue weighted by Crippen LogP contribution is 2.29. The predicted molar refractivity (Wildman–Crippen MR) is 105 cm³/mol. The van der Waals surface area contributed by atoms with Gasteiger partial charge in [0.05, 0.1) is 27.0 Å². The van der Waals surface area contributed by atoms with E-state index in [1.807, 2.05) is 6.92 Å². The van der Waals surface area contributed by atoms with Crippen LogP contribution in [-0.2, 0) is 6.54 Å². The van der Waals surface area contributed by atoms with Crippen LogP contribution in [0.1, 0.15) is 37.0 Å². The van der Waals surface area contributed by atoms with Crippen LogP contribution in [0.4, 0.5) is 5.00 Å². The third-order valence-electron chi connectivity index (χ3n) is 3.89. The number of carbonyl (C=O) groups excluding carboxylic acids is 2.